The Morgan fingerprint density at radius 3 is 2.73 bits per heavy atom. The van der Waals surface area contributed by atoms with Gasteiger partial charge in [0, 0.05) is 18.9 Å². The quantitative estimate of drug-likeness (QED) is 0.602. The van der Waals surface area contributed by atoms with Gasteiger partial charge in [-0.3, -0.25) is 14.5 Å². The molecule has 0 saturated heterocycles. The summed E-state index contributed by atoms with van der Waals surface area (Å²) in [5, 5.41) is 16.6. The molecule has 0 spiro atoms. The number of carbonyl (C=O) groups is 1. The minimum absolute atomic E-state index is 0. The van der Waals surface area contributed by atoms with E-state index in [1.54, 1.807) is 6.07 Å². The van der Waals surface area contributed by atoms with Crippen molar-refractivity contribution in [2.24, 2.45) is 5.92 Å². The Morgan fingerprint density at radius 2 is 2.00 bits per heavy atom. The highest BCUT2D eigenvalue weighted by atomic mass is 32.1. The van der Waals surface area contributed by atoms with Crippen LogP contribution in [0.4, 0.5) is 11.4 Å². The fourth-order valence-electron chi connectivity index (χ4n) is 4.37. The maximum atomic E-state index is 12.5. The number of pyridine rings is 1. The molecule has 0 fully saturated rings. The molecule has 1 atom stereocenters. The first kappa shape index (κ1) is 24.3. The van der Waals surface area contributed by atoms with Crippen LogP contribution in [-0.4, -0.2) is 33.8 Å². The number of anilines is 2. The molecule has 3 heterocycles. The summed E-state index contributed by atoms with van der Waals surface area (Å²) in [5.74, 6) is 0.241. The predicted octanol–water partition coefficient (Wildman–Crippen LogP) is 3.82. The van der Waals surface area contributed by atoms with E-state index in [1.807, 2.05) is 49.2 Å². The van der Waals surface area contributed by atoms with E-state index in [1.165, 1.54) is 0 Å². The normalized spacial score (nSPS) is 15.0. The lowest BCUT2D eigenvalue weighted by Gasteiger charge is -2.38. The van der Waals surface area contributed by atoms with Crippen LogP contribution in [0.15, 0.2) is 42.7 Å². The summed E-state index contributed by atoms with van der Waals surface area (Å²) in [6.07, 6.45) is 5.55. The van der Waals surface area contributed by atoms with Crippen molar-refractivity contribution < 1.29 is 4.79 Å². The van der Waals surface area contributed by atoms with Gasteiger partial charge in [-0.2, -0.15) is 23.9 Å². The maximum Gasteiger partial charge on any atom is 0.247 e. The Hall–Kier alpha value is -3.31. The topological polar surface area (TPSA) is 86.8 Å². The number of rotatable bonds is 6. The zero-order valence-corrected chi connectivity index (χ0v) is 20.5. The molecule has 0 unspecified atom stereocenters. The summed E-state index contributed by atoms with van der Waals surface area (Å²) in [5.41, 5.74) is 6.53. The van der Waals surface area contributed by atoms with Gasteiger partial charge in [-0.05, 0) is 55.0 Å². The first-order valence-corrected chi connectivity index (χ1v) is 10.9. The Labute approximate surface area is 201 Å². The molecule has 3 aromatic rings. The number of likely N-dealkylation sites (N-methyl/N-ethyl adjacent to an activating group) is 1. The highest BCUT2D eigenvalue weighted by Crippen LogP contribution is 2.35. The molecule has 1 aliphatic rings. The van der Waals surface area contributed by atoms with Gasteiger partial charge in [-0.15, -0.1) is 0 Å². The predicted molar refractivity (Wildman–Crippen MR) is 135 cm³/mol. The second-order valence-electron chi connectivity index (χ2n) is 8.74. The highest BCUT2D eigenvalue weighted by molar-refractivity contribution is 7.59. The number of nitriles is 1. The fourth-order valence-corrected chi connectivity index (χ4v) is 4.37. The van der Waals surface area contributed by atoms with Crippen molar-refractivity contribution in [3.63, 3.8) is 0 Å². The maximum absolute atomic E-state index is 12.5. The lowest BCUT2D eigenvalue weighted by Crippen LogP contribution is -2.49. The molecule has 1 aliphatic heterocycles. The number of hydrogen-bond acceptors (Lipinski definition) is 5. The number of benzene rings is 1. The van der Waals surface area contributed by atoms with Gasteiger partial charge in [0.1, 0.15) is 6.04 Å². The standard InChI is InChI=1S/C25H28N6O.H2S/c1-16(2)24-25(32)29-23-17(3)28-21(11-22(23)30(24)4)9-8-20-13-27-31(15-20)14-19-7-5-6-18(10-19)12-26;/h5-7,10-11,13,15-16,24H,8-9,14H2,1-4H3,(H,29,32);1H2/t24-;/m0./s1. The van der Waals surface area contributed by atoms with E-state index in [2.05, 4.69) is 41.3 Å². The second-order valence-corrected chi connectivity index (χ2v) is 8.74. The van der Waals surface area contributed by atoms with Gasteiger partial charge in [0.05, 0.1) is 41.4 Å². The van der Waals surface area contributed by atoms with Crippen LogP contribution in [0.1, 0.15) is 41.9 Å². The molecule has 1 N–H and O–H groups in total. The van der Waals surface area contributed by atoms with Crippen LogP contribution in [0.25, 0.3) is 0 Å². The van der Waals surface area contributed by atoms with Crippen LogP contribution in [0.5, 0.6) is 0 Å². The molecule has 2 aromatic heterocycles. The monoisotopic (exact) mass is 462 g/mol. The van der Waals surface area contributed by atoms with E-state index in [-0.39, 0.29) is 31.4 Å². The van der Waals surface area contributed by atoms with Crippen LogP contribution in [0.3, 0.4) is 0 Å². The number of nitrogens with zero attached hydrogens (tertiary/aromatic N) is 5. The average molecular weight is 463 g/mol. The van der Waals surface area contributed by atoms with Crippen molar-refractivity contribution in [3.05, 3.63) is 70.8 Å². The third-order valence-corrected chi connectivity index (χ3v) is 5.94. The van der Waals surface area contributed by atoms with E-state index in [9.17, 15) is 4.79 Å². The van der Waals surface area contributed by atoms with Crippen LogP contribution >= 0.6 is 13.5 Å². The smallest absolute Gasteiger partial charge is 0.247 e. The van der Waals surface area contributed by atoms with E-state index >= 15 is 0 Å². The van der Waals surface area contributed by atoms with E-state index < -0.39 is 0 Å². The molecule has 1 aromatic carbocycles. The molecule has 0 saturated carbocycles. The number of fused-ring (bicyclic) bond motifs is 1. The Morgan fingerprint density at radius 1 is 1.21 bits per heavy atom. The number of aromatic nitrogens is 3. The zero-order chi connectivity index (χ0) is 22.8. The van der Waals surface area contributed by atoms with Crippen molar-refractivity contribution in [1.82, 2.24) is 14.8 Å². The van der Waals surface area contributed by atoms with Crippen molar-refractivity contribution in [1.29, 1.82) is 5.26 Å². The van der Waals surface area contributed by atoms with E-state index in [0.717, 1.165) is 46.7 Å². The van der Waals surface area contributed by atoms with Gasteiger partial charge in [0.15, 0.2) is 0 Å². The SMILES string of the molecule is Cc1nc(CCc2cnn(Cc3cccc(C#N)c3)c2)cc2c1NC(=O)[C@H](C(C)C)N2C.S. The summed E-state index contributed by atoms with van der Waals surface area (Å²) in [7, 11) is 1.98. The summed E-state index contributed by atoms with van der Waals surface area (Å²) < 4.78 is 1.90. The van der Waals surface area contributed by atoms with E-state index in [4.69, 9.17) is 10.2 Å². The van der Waals surface area contributed by atoms with Crippen molar-refractivity contribution in [3.8, 4) is 6.07 Å². The van der Waals surface area contributed by atoms with Gasteiger partial charge in [-0.1, -0.05) is 26.0 Å². The van der Waals surface area contributed by atoms with E-state index in [0.29, 0.717) is 12.1 Å². The van der Waals surface area contributed by atoms with Crippen LogP contribution in [0, 0.1) is 24.2 Å². The average Bonchev–Trinajstić information content (AvgIpc) is 3.20. The lowest BCUT2D eigenvalue weighted by atomic mass is 9.97. The number of nitrogens with one attached hydrogen (secondary N) is 1. The number of carbonyl (C=O) groups excluding carboxylic acids is 1. The second kappa shape index (κ2) is 10.1. The van der Waals surface area contributed by atoms with Crippen molar-refractivity contribution in [2.75, 3.05) is 17.3 Å². The molecule has 8 heteroatoms. The molecular formula is C25H30N6OS. The van der Waals surface area contributed by atoms with Crippen LogP contribution in [-0.2, 0) is 24.2 Å². The molecule has 7 nitrogen and oxygen atoms in total. The molecule has 0 bridgehead atoms. The molecule has 33 heavy (non-hydrogen) atoms. The van der Waals surface area contributed by atoms with Gasteiger partial charge in [0.25, 0.3) is 0 Å². The summed E-state index contributed by atoms with van der Waals surface area (Å²) >= 11 is 0. The van der Waals surface area contributed by atoms with Crippen molar-refractivity contribution in [2.45, 2.75) is 46.2 Å². The first-order chi connectivity index (χ1) is 15.4. The number of aryl methyl sites for hydroxylation is 3. The van der Waals surface area contributed by atoms with Gasteiger partial charge in [0.2, 0.25) is 5.91 Å². The summed E-state index contributed by atoms with van der Waals surface area (Å²) in [6, 6.07) is 11.7. The first-order valence-electron chi connectivity index (χ1n) is 10.9. The van der Waals surface area contributed by atoms with Gasteiger partial charge in [-0.25, -0.2) is 0 Å². The fraction of sp³-hybridized carbons (Fsp3) is 0.360. The summed E-state index contributed by atoms with van der Waals surface area (Å²) in [6.45, 7) is 6.70. The largest absolute Gasteiger partial charge is 0.361 e. The van der Waals surface area contributed by atoms with Gasteiger partial charge < -0.3 is 10.2 Å². The highest BCUT2D eigenvalue weighted by Gasteiger charge is 2.34. The lowest BCUT2D eigenvalue weighted by molar-refractivity contribution is -0.118. The number of hydrogen-bond donors (Lipinski definition) is 1. The minimum Gasteiger partial charge on any atom is -0.361 e. The molecular weight excluding hydrogens is 432 g/mol. The Bertz CT molecular complexity index is 1200. The molecule has 172 valence electrons. The van der Waals surface area contributed by atoms with Crippen LogP contribution < -0.4 is 10.2 Å². The third kappa shape index (κ3) is 5.20. The molecule has 1 amide bonds. The van der Waals surface area contributed by atoms with Crippen LogP contribution in [0.2, 0.25) is 0 Å². The summed E-state index contributed by atoms with van der Waals surface area (Å²) in [4.78, 5) is 19.3. The Balaban J connectivity index is 0.00000306. The van der Waals surface area contributed by atoms with Crippen molar-refractivity contribution >= 4 is 30.8 Å². The molecule has 0 radical (unpaired) electrons. The third-order valence-electron chi connectivity index (χ3n) is 5.94. The minimum atomic E-state index is -0.185. The Kier molecular flexibility index (Phi) is 7.44. The zero-order valence-electron chi connectivity index (χ0n) is 19.5. The molecule has 4 rings (SSSR count). The molecule has 0 aliphatic carbocycles. The number of amides is 1. The van der Waals surface area contributed by atoms with Gasteiger partial charge >= 0.3 is 0 Å².